The number of hydrogen-bond donors (Lipinski definition) is 2. The molecule has 1 unspecified atom stereocenters. The fraction of sp³-hybridized carbons (Fsp3) is 0.538. The van der Waals surface area contributed by atoms with E-state index in [0.717, 1.165) is 0 Å². The quantitative estimate of drug-likeness (QED) is 0.380. The predicted octanol–water partition coefficient (Wildman–Crippen LogP) is 2.26. The van der Waals surface area contributed by atoms with Crippen LogP contribution in [0.25, 0.3) is 0 Å². The van der Waals surface area contributed by atoms with Crippen molar-refractivity contribution in [1.82, 2.24) is 4.98 Å². The summed E-state index contributed by atoms with van der Waals surface area (Å²) in [6, 6.07) is 3.16. The molecular formula is C13H17F3N4O. The number of aromatic nitrogens is 1. The van der Waals surface area contributed by atoms with Gasteiger partial charge in [0.15, 0.2) is 5.84 Å². The minimum atomic E-state index is -4.20. The smallest absolute Gasteiger partial charge is 0.393 e. The maximum atomic E-state index is 12.9. The number of halogens is 3. The summed E-state index contributed by atoms with van der Waals surface area (Å²) in [5.41, 5.74) is 6.57. The van der Waals surface area contributed by atoms with Crippen molar-refractivity contribution in [3.63, 3.8) is 0 Å². The summed E-state index contributed by atoms with van der Waals surface area (Å²) in [5.74, 6) is -1.02. The zero-order valence-electron chi connectivity index (χ0n) is 11.6. The first-order valence-corrected chi connectivity index (χ1v) is 6.59. The van der Waals surface area contributed by atoms with Crippen molar-refractivity contribution in [3.8, 4) is 0 Å². The second-order valence-corrected chi connectivity index (χ2v) is 5.17. The number of aryl methyl sites for hydroxylation is 1. The van der Waals surface area contributed by atoms with Gasteiger partial charge >= 0.3 is 6.18 Å². The summed E-state index contributed by atoms with van der Waals surface area (Å²) >= 11 is 0. The second-order valence-electron chi connectivity index (χ2n) is 5.17. The molecule has 0 bridgehead atoms. The molecule has 1 atom stereocenters. The molecule has 2 heterocycles. The molecular weight excluding hydrogens is 285 g/mol. The number of pyridine rings is 1. The van der Waals surface area contributed by atoms with Crippen molar-refractivity contribution in [2.24, 2.45) is 16.8 Å². The zero-order chi connectivity index (χ0) is 15.6. The maximum absolute atomic E-state index is 12.9. The molecule has 21 heavy (non-hydrogen) atoms. The van der Waals surface area contributed by atoms with Crippen LogP contribution in [0.15, 0.2) is 17.3 Å². The number of anilines is 1. The summed E-state index contributed by atoms with van der Waals surface area (Å²) in [6.45, 7) is 2.11. The van der Waals surface area contributed by atoms with Crippen LogP contribution in [0, 0.1) is 12.8 Å². The van der Waals surface area contributed by atoms with E-state index in [4.69, 9.17) is 10.9 Å². The van der Waals surface area contributed by atoms with E-state index in [9.17, 15) is 13.2 Å². The number of rotatable bonds is 2. The van der Waals surface area contributed by atoms with E-state index >= 15 is 0 Å². The average Bonchev–Trinajstić information content (AvgIpc) is 2.45. The molecule has 0 saturated carbocycles. The number of oxime groups is 1. The van der Waals surface area contributed by atoms with E-state index < -0.39 is 12.1 Å². The van der Waals surface area contributed by atoms with E-state index in [0.29, 0.717) is 30.0 Å². The Morgan fingerprint density at radius 3 is 2.81 bits per heavy atom. The average molecular weight is 302 g/mol. The summed E-state index contributed by atoms with van der Waals surface area (Å²) in [6.07, 6.45) is -3.60. The van der Waals surface area contributed by atoms with Crippen LogP contribution in [0.2, 0.25) is 0 Å². The molecule has 1 aliphatic heterocycles. The first kappa shape index (κ1) is 15.4. The molecule has 1 aliphatic rings. The molecule has 3 N–H and O–H groups in total. The molecule has 1 fully saturated rings. The Morgan fingerprint density at radius 2 is 2.19 bits per heavy atom. The van der Waals surface area contributed by atoms with Gasteiger partial charge in [0.1, 0.15) is 5.82 Å². The third-order valence-corrected chi connectivity index (χ3v) is 3.55. The third-order valence-electron chi connectivity index (χ3n) is 3.55. The Morgan fingerprint density at radius 1 is 1.48 bits per heavy atom. The predicted molar refractivity (Wildman–Crippen MR) is 72.5 cm³/mol. The number of hydrogen-bond acceptors (Lipinski definition) is 4. The Hall–Kier alpha value is -1.99. The topological polar surface area (TPSA) is 74.7 Å². The summed E-state index contributed by atoms with van der Waals surface area (Å²) < 4.78 is 38.6. The van der Waals surface area contributed by atoms with Crippen LogP contribution in [0.4, 0.5) is 19.0 Å². The SMILES string of the molecule is Cc1cc(/C(N)=N/O)cc(N2CCCC(C(F)(F)F)C2)n1. The van der Waals surface area contributed by atoms with Crippen LogP contribution in [0.3, 0.4) is 0 Å². The highest BCUT2D eigenvalue weighted by atomic mass is 19.4. The molecule has 8 heteroatoms. The first-order valence-electron chi connectivity index (χ1n) is 6.59. The molecule has 0 spiro atoms. The molecule has 0 aromatic carbocycles. The third kappa shape index (κ3) is 3.56. The van der Waals surface area contributed by atoms with Gasteiger partial charge < -0.3 is 15.8 Å². The lowest BCUT2D eigenvalue weighted by Gasteiger charge is -2.34. The van der Waals surface area contributed by atoms with Gasteiger partial charge in [-0.15, -0.1) is 0 Å². The minimum Gasteiger partial charge on any atom is -0.409 e. The van der Waals surface area contributed by atoms with Crippen molar-refractivity contribution in [2.75, 3.05) is 18.0 Å². The van der Waals surface area contributed by atoms with Crippen molar-refractivity contribution >= 4 is 11.7 Å². The highest BCUT2D eigenvalue weighted by molar-refractivity contribution is 5.97. The maximum Gasteiger partial charge on any atom is 0.393 e. The molecule has 116 valence electrons. The molecule has 1 saturated heterocycles. The lowest BCUT2D eigenvalue weighted by atomic mass is 9.97. The summed E-state index contributed by atoms with van der Waals surface area (Å²) in [5, 5.41) is 11.6. The van der Waals surface area contributed by atoms with Crippen LogP contribution < -0.4 is 10.6 Å². The van der Waals surface area contributed by atoms with Gasteiger partial charge in [0.05, 0.1) is 5.92 Å². The number of nitrogens with zero attached hydrogens (tertiary/aromatic N) is 3. The highest BCUT2D eigenvalue weighted by Gasteiger charge is 2.42. The van der Waals surface area contributed by atoms with Crippen molar-refractivity contribution in [1.29, 1.82) is 0 Å². The van der Waals surface area contributed by atoms with Gasteiger partial charge in [-0.25, -0.2) is 4.98 Å². The highest BCUT2D eigenvalue weighted by Crippen LogP contribution is 2.34. The zero-order valence-corrected chi connectivity index (χ0v) is 11.6. The summed E-state index contributed by atoms with van der Waals surface area (Å²) in [4.78, 5) is 5.86. The number of alkyl halides is 3. The molecule has 0 amide bonds. The van der Waals surface area contributed by atoms with E-state index in [2.05, 4.69) is 10.1 Å². The number of nitrogens with two attached hydrogens (primary N) is 1. The molecule has 1 aromatic rings. The first-order chi connectivity index (χ1) is 9.81. The van der Waals surface area contributed by atoms with Gasteiger partial charge in [0, 0.05) is 24.3 Å². The van der Waals surface area contributed by atoms with Crippen LogP contribution >= 0.6 is 0 Å². The van der Waals surface area contributed by atoms with Gasteiger partial charge in [0.25, 0.3) is 0 Å². The van der Waals surface area contributed by atoms with E-state index in [1.807, 2.05) is 0 Å². The Kier molecular flexibility index (Phi) is 4.24. The van der Waals surface area contributed by atoms with E-state index in [1.165, 1.54) is 0 Å². The van der Waals surface area contributed by atoms with Gasteiger partial charge in [-0.2, -0.15) is 13.2 Å². The fourth-order valence-corrected chi connectivity index (χ4v) is 2.47. The fourth-order valence-electron chi connectivity index (χ4n) is 2.47. The molecule has 0 radical (unpaired) electrons. The largest absolute Gasteiger partial charge is 0.409 e. The Bertz CT molecular complexity index is 545. The standard InChI is InChI=1S/C13H17F3N4O/c1-8-5-9(12(17)19-21)6-11(18-8)20-4-2-3-10(7-20)13(14,15)16/h5-6,10,21H,2-4,7H2,1H3,(H2,17,19). The van der Waals surface area contributed by atoms with E-state index in [1.54, 1.807) is 24.0 Å². The van der Waals surface area contributed by atoms with Crippen LogP contribution in [0.5, 0.6) is 0 Å². The molecule has 5 nitrogen and oxygen atoms in total. The van der Waals surface area contributed by atoms with Crippen LogP contribution in [-0.4, -0.2) is 35.3 Å². The van der Waals surface area contributed by atoms with Crippen LogP contribution in [0.1, 0.15) is 24.1 Å². The van der Waals surface area contributed by atoms with E-state index in [-0.39, 0.29) is 18.8 Å². The normalized spacial score (nSPS) is 20.7. The van der Waals surface area contributed by atoms with Gasteiger partial charge in [0.2, 0.25) is 0 Å². The van der Waals surface area contributed by atoms with Crippen molar-refractivity contribution in [3.05, 3.63) is 23.4 Å². The second kappa shape index (κ2) is 5.79. The lowest BCUT2D eigenvalue weighted by Crippen LogP contribution is -2.42. The Balaban J connectivity index is 2.27. The Labute approximate surface area is 120 Å². The number of amidine groups is 1. The van der Waals surface area contributed by atoms with Crippen LogP contribution in [-0.2, 0) is 0 Å². The molecule has 2 rings (SSSR count). The van der Waals surface area contributed by atoms with Gasteiger partial charge in [-0.05, 0) is 31.9 Å². The lowest BCUT2D eigenvalue weighted by molar-refractivity contribution is -0.176. The number of piperidine rings is 1. The van der Waals surface area contributed by atoms with Gasteiger partial charge in [-0.1, -0.05) is 5.16 Å². The monoisotopic (exact) mass is 302 g/mol. The molecule has 0 aliphatic carbocycles. The van der Waals surface area contributed by atoms with Gasteiger partial charge in [-0.3, -0.25) is 0 Å². The van der Waals surface area contributed by atoms with Crippen molar-refractivity contribution in [2.45, 2.75) is 25.9 Å². The summed E-state index contributed by atoms with van der Waals surface area (Å²) in [7, 11) is 0. The minimum absolute atomic E-state index is 0.0915. The van der Waals surface area contributed by atoms with Crippen molar-refractivity contribution < 1.29 is 18.4 Å². The molecule has 1 aromatic heterocycles.